The fourth-order valence-corrected chi connectivity index (χ4v) is 5.59. The third-order valence-electron chi connectivity index (χ3n) is 7.79. The lowest BCUT2D eigenvalue weighted by Gasteiger charge is -2.23. The Hall–Kier alpha value is -4.76. The number of carbonyl (C=O) groups is 2. The van der Waals surface area contributed by atoms with Crippen molar-refractivity contribution in [2.75, 3.05) is 11.1 Å². The molecule has 9 nitrogen and oxygen atoms in total. The lowest BCUT2D eigenvalue weighted by molar-refractivity contribution is -0.137. The molecule has 10 heteroatoms. The number of carbonyl (C=O) groups excluding carboxylic acids is 1. The quantitative estimate of drug-likeness (QED) is 0.241. The average molecular weight is 567 g/mol. The molecular formula is C31H27ClN6O3. The van der Waals surface area contributed by atoms with Crippen molar-refractivity contribution in [1.82, 2.24) is 19.7 Å². The number of fused-ring (bicyclic) bond motifs is 2. The Balaban J connectivity index is 1.41. The van der Waals surface area contributed by atoms with Crippen molar-refractivity contribution in [2.24, 2.45) is 0 Å². The fraction of sp³-hybridized carbons (Fsp3) is 0.194. The first kappa shape index (κ1) is 26.5. The highest BCUT2D eigenvalue weighted by Gasteiger charge is 2.47. The maximum Gasteiger partial charge on any atom is 0.303 e. The third-order valence-corrected chi connectivity index (χ3v) is 8.02. The van der Waals surface area contributed by atoms with Gasteiger partial charge in [0.2, 0.25) is 5.91 Å². The van der Waals surface area contributed by atoms with Crippen molar-refractivity contribution in [3.05, 3.63) is 99.6 Å². The van der Waals surface area contributed by atoms with Gasteiger partial charge in [-0.2, -0.15) is 5.10 Å². The molecule has 3 aromatic carbocycles. The predicted molar refractivity (Wildman–Crippen MR) is 158 cm³/mol. The molecule has 1 aliphatic rings. The number of nitrogen functional groups attached to an aromatic ring is 1. The molecular weight excluding hydrogens is 540 g/mol. The van der Waals surface area contributed by atoms with Gasteiger partial charge in [0.05, 0.1) is 17.6 Å². The van der Waals surface area contributed by atoms with Crippen LogP contribution in [0.4, 0.5) is 11.6 Å². The SMILES string of the molecule is Cc1ccccc1Cn1nc(-c2nc(N)c3c(n2)NC(=O)[C@]3(C)c2ccc(CCC(=O)O)cc2)c2ccc(Cl)cc21. The minimum atomic E-state index is -1.12. The van der Waals surface area contributed by atoms with E-state index in [2.05, 4.69) is 29.4 Å². The van der Waals surface area contributed by atoms with E-state index in [-0.39, 0.29) is 18.1 Å². The molecule has 1 amide bonds. The van der Waals surface area contributed by atoms with Crippen LogP contribution in [0.1, 0.15) is 41.2 Å². The molecule has 41 heavy (non-hydrogen) atoms. The summed E-state index contributed by atoms with van der Waals surface area (Å²) in [7, 11) is 0. The highest BCUT2D eigenvalue weighted by atomic mass is 35.5. The number of benzene rings is 3. The number of aromatic nitrogens is 4. The van der Waals surface area contributed by atoms with E-state index in [0.29, 0.717) is 46.5 Å². The molecule has 206 valence electrons. The summed E-state index contributed by atoms with van der Waals surface area (Å²) >= 11 is 6.36. The van der Waals surface area contributed by atoms with Crippen LogP contribution in [0.3, 0.4) is 0 Å². The van der Waals surface area contributed by atoms with E-state index in [1.54, 1.807) is 13.0 Å². The van der Waals surface area contributed by atoms with Crippen LogP contribution in [-0.2, 0) is 28.0 Å². The second kappa shape index (κ2) is 10.0. The molecule has 0 saturated carbocycles. The van der Waals surface area contributed by atoms with E-state index in [4.69, 9.17) is 32.5 Å². The van der Waals surface area contributed by atoms with Crippen LogP contribution >= 0.6 is 11.6 Å². The van der Waals surface area contributed by atoms with E-state index >= 15 is 0 Å². The maximum atomic E-state index is 13.4. The Morgan fingerprint density at radius 1 is 1.10 bits per heavy atom. The largest absolute Gasteiger partial charge is 0.481 e. The van der Waals surface area contributed by atoms with Gasteiger partial charge in [0.25, 0.3) is 0 Å². The molecule has 2 aromatic heterocycles. The molecule has 0 bridgehead atoms. The third kappa shape index (κ3) is 4.58. The van der Waals surface area contributed by atoms with E-state index in [0.717, 1.165) is 27.6 Å². The van der Waals surface area contributed by atoms with Crippen LogP contribution in [0.15, 0.2) is 66.7 Å². The summed E-state index contributed by atoms with van der Waals surface area (Å²) in [6.07, 6.45) is 0.435. The van der Waals surface area contributed by atoms with Crippen LogP contribution in [0, 0.1) is 6.92 Å². The lowest BCUT2D eigenvalue weighted by atomic mass is 9.77. The number of carboxylic acids is 1. The number of halogens is 1. The number of rotatable bonds is 7. The van der Waals surface area contributed by atoms with Crippen LogP contribution in [0.5, 0.6) is 0 Å². The normalized spacial score (nSPS) is 16.1. The van der Waals surface area contributed by atoms with Crippen LogP contribution in [-0.4, -0.2) is 36.7 Å². The Labute approximate surface area is 241 Å². The Kier molecular flexibility index (Phi) is 6.46. The minimum absolute atomic E-state index is 0.0328. The molecule has 0 spiro atoms. The van der Waals surface area contributed by atoms with Crippen molar-refractivity contribution in [2.45, 2.75) is 38.6 Å². The summed E-state index contributed by atoms with van der Waals surface area (Å²) in [4.78, 5) is 33.7. The monoisotopic (exact) mass is 566 g/mol. The lowest BCUT2D eigenvalue weighted by Crippen LogP contribution is -2.33. The molecule has 0 unspecified atom stereocenters. The fourth-order valence-electron chi connectivity index (χ4n) is 5.43. The topological polar surface area (TPSA) is 136 Å². The molecule has 0 saturated heterocycles. The summed E-state index contributed by atoms with van der Waals surface area (Å²) in [6.45, 7) is 4.37. The predicted octanol–water partition coefficient (Wildman–Crippen LogP) is 5.36. The highest BCUT2D eigenvalue weighted by Crippen LogP contribution is 2.45. The van der Waals surface area contributed by atoms with Crippen molar-refractivity contribution >= 4 is 46.0 Å². The van der Waals surface area contributed by atoms with E-state index in [9.17, 15) is 9.59 Å². The Morgan fingerprint density at radius 2 is 1.85 bits per heavy atom. The van der Waals surface area contributed by atoms with Gasteiger partial charge in [-0.25, -0.2) is 9.97 Å². The molecule has 4 N–H and O–H groups in total. The van der Waals surface area contributed by atoms with Crippen molar-refractivity contribution in [3.63, 3.8) is 0 Å². The summed E-state index contributed by atoms with van der Waals surface area (Å²) in [5, 5.41) is 18.2. The highest BCUT2D eigenvalue weighted by molar-refractivity contribution is 6.31. The Bertz CT molecular complexity index is 1850. The first-order valence-electron chi connectivity index (χ1n) is 13.2. The average Bonchev–Trinajstić information content (AvgIpc) is 3.43. The van der Waals surface area contributed by atoms with E-state index in [1.165, 1.54) is 0 Å². The summed E-state index contributed by atoms with van der Waals surface area (Å²) in [5.41, 5.74) is 11.1. The minimum Gasteiger partial charge on any atom is -0.481 e. The second-order valence-electron chi connectivity index (χ2n) is 10.4. The molecule has 6 rings (SSSR count). The number of aliphatic carboxylic acids is 1. The number of nitrogens with one attached hydrogen (secondary N) is 1. The number of nitrogens with two attached hydrogens (primary N) is 1. The smallest absolute Gasteiger partial charge is 0.303 e. The first-order chi connectivity index (χ1) is 19.6. The van der Waals surface area contributed by atoms with Gasteiger partial charge in [0, 0.05) is 16.8 Å². The zero-order chi connectivity index (χ0) is 28.9. The number of aryl methyl sites for hydroxylation is 2. The summed E-state index contributed by atoms with van der Waals surface area (Å²) < 4.78 is 1.88. The number of carboxylic acid groups (broad SMARTS) is 1. The van der Waals surface area contributed by atoms with Gasteiger partial charge in [-0.3, -0.25) is 14.3 Å². The van der Waals surface area contributed by atoms with Gasteiger partial charge in [-0.15, -0.1) is 0 Å². The van der Waals surface area contributed by atoms with Gasteiger partial charge in [-0.05, 0) is 60.7 Å². The van der Waals surface area contributed by atoms with Gasteiger partial charge in [0.1, 0.15) is 22.7 Å². The van der Waals surface area contributed by atoms with Gasteiger partial charge in [-0.1, -0.05) is 60.1 Å². The zero-order valence-electron chi connectivity index (χ0n) is 22.5. The summed E-state index contributed by atoms with van der Waals surface area (Å²) in [5.74, 6) is -0.319. The number of amides is 1. The second-order valence-corrected chi connectivity index (χ2v) is 10.9. The molecule has 1 atom stereocenters. The van der Waals surface area contributed by atoms with Crippen molar-refractivity contribution in [1.29, 1.82) is 0 Å². The molecule has 1 aliphatic heterocycles. The van der Waals surface area contributed by atoms with Crippen molar-refractivity contribution in [3.8, 4) is 11.5 Å². The molecule has 0 aliphatic carbocycles. The van der Waals surface area contributed by atoms with E-state index < -0.39 is 11.4 Å². The van der Waals surface area contributed by atoms with Gasteiger partial charge >= 0.3 is 5.97 Å². The van der Waals surface area contributed by atoms with E-state index in [1.807, 2.05) is 53.2 Å². The molecule has 3 heterocycles. The number of nitrogens with zero attached hydrogens (tertiary/aromatic N) is 4. The zero-order valence-corrected chi connectivity index (χ0v) is 23.2. The van der Waals surface area contributed by atoms with Crippen LogP contribution in [0.25, 0.3) is 22.4 Å². The summed E-state index contributed by atoms with van der Waals surface area (Å²) in [6, 6.07) is 21.0. The van der Waals surface area contributed by atoms with Crippen LogP contribution in [0.2, 0.25) is 5.02 Å². The Morgan fingerprint density at radius 3 is 2.59 bits per heavy atom. The number of hydrogen-bond acceptors (Lipinski definition) is 6. The first-order valence-corrected chi connectivity index (χ1v) is 13.5. The van der Waals surface area contributed by atoms with Crippen LogP contribution < -0.4 is 11.1 Å². The number of hydrogen-bond donors (Lipinski definition) is 3. The molecule has 5 aromatic rings. The number of anilines is 2. The standard InChI is InChI=1S/C31H27ClN6O3/c1-17-5-3-4-6-19(17)16-38-23-15-21(32)12-13-22(23)26(37-38)29-34-27(33)25-28(35-29)36-30(41)31(25,2)20-10-7-18(8-11-20)9-14-24(39)40/h3-8,10-13,15H,9,14,16H2,1-2H3,(H,39,40)(H3,33,34,35,36,41)/t31-/m1/s1. The maximum absolute atomic E-state index is 13.4. The molecule has 0 fully saturated rings. The van der Waals surface area contributed by atoms with Gasteiger partial charge in [0.15, 0.2) is 5.82 Å². The van der Waals surface area contributed by atoms with Crippen molar-refractivity contribution < 1.29 is 14.7 Å². The van der Waals surface area contributed by atoms with Gasteiger partial charge < -0.3 is 16.2 Å². The molecule has 0 radical (unpaired) electrons.